The molecule has 6 nitrogen and oxygen atoms in total. The van der Waals surface area contributed by atoms with Crippen LogP contribution in [0.3, 0.4) is 0 Å². The van der Waals surface area contributed by atoms with Gasteiger partial charge in [-0.2, -0.15) is 18.3 Å². The predicted octanol–water partition coefficient (Wildman–Crippen LogP) is 7.52. The Labute approximate surface area is 234 Å². The summed E-state index contributed by atoms with van der Waals surface area (Å²) < 4.78 is 41.4. The van der Waals surface area contributed by atoms with Crippen molar-refractivity contribution in [2.45, 2.75) is 45.8 Å². The summed E-state index contributed by atoms with van der Waals surface area (Å²) in [5, 5.41) is 17.2. The molecule has 1 aromatic heterocycles. The number of aryl methyl sites for hydroxylation is 1. The fourth-order valence-electron chi connectivity index (χ4n) is 4.73. The number of carboxylic acid groups (broad SMARTS) is 1. The number of benzene rings is 3. The number of amides is 1. The minimum Gasteiger partial charge on any atom is -0.481 e. The molecule has 4 rings (SSSR count). The molecule has 1 unspecified atom stereocenters. The van der Waals surface area contributed by atoms with Crippen molar-refractivity contribution in [3.8, 4) is 11.1 Å². The van der Waals surface area contributed by atoms with Crippen LogP contribution < -0.4 is 5.32 Å². The molecule has 2 N–H and O–H groups in total. The molecule has 0 radical (unpaired) electrons. The van der Waals surface area contributed by atoms with Gasteiger partial charge >= 0.3 is 12.1 Å². The first kappa shape index (κ1) is 29.1. The molecule has 1 amide bonds. The summed E-state index contributed by atoms with van der Waals surface area (Å²) in [5.41, 5.74) is 3.12. The first-order valence-electron chi connectivity index (χ1n) is 12.8. The van der Waals surface area contributed by atoms with Crippen molar-refractivity contribution in [2.75, 3.05) is 6.54 Å². The molecule has 3 aromatic carbocycles. The molecule has 0 aliphatic rings. The fraction of sp³-hybridized carbons (Fsp3) is 0.300. The van der Waals surface area contributed by atoms with E-state index in [9.17, 15) is 22.8 Å². The lowest BCUT2D eigenvalue weighted by Crippen LogP contribution is -2.26. The number of hydrogen-bond acceptors (Lipinski definition) is 3. The summed E-state index contributed by atoms with van der Waals surface area (Å²) in [5.74, 6) is -1.02. The van der Waals surface area contributed by atoms with Crippen LogP contribution in [0.2, 0.25) is 5.02 Å². The molecule has 0 aliphatic heterocycles. The maximum absolute atomic E-state index is 13.2. The van der Waals surface area contributed by atoms with Crippen LogP contribution >= 0.6 is 11.6 Å². The highest BCUT2D eigenvalue weighted by molar-refractivity contribution is 6.34. The van der Waals surface area contributed by atoms with Crippen molar-refractivity contribution >= 4 is 34.4 Å². The van der Waals surface area contributed by atoms with Gasteiger partial charge in [0.1, 0.15) is 0 Å². The first-order chi connectivity index (χ1) is 18.8. The molecular formula is C30H29ClF3N3O3. The topological polar surface area (TPSA) is 84.2 Å². The lowest BCUT2D eigenvalue weighted by Gasteiger charge is -2.22. The number of carbonyl (C=O) groups excluding carboxylic acids is 1. The predicted molar refractivity (Wildman–Crippen MR) is 149 cm³/mol. The lowest BCUT2D eigenvalue weighted by molar-refractivity contribution is -0.138. The van der Waals surface area contributed by atoms with Crippen LogP contribution in [0.15, 0.2) is 60.8 Å². The number of rotatable bonds is 9. The molecule has 10 heteroatoms. The normalized spacial score (nSPS) is 12.6. The van der Waals surface area contributed by atoms with Gasteiger partial charge in [-0.25, -0.2) is 0 Å². The van der Waals surface area contributed by atoms with Gasteiger partial charge in [0.15, 0.2) is 0 Å². The number of carboxylic acids is 1. The van der Waals surface area contributed by atoms with Crippen molar-refractivity contribution in [1.29, 1.82) is 0 Å². The maximum Gasteiger partial charge on any atom is 0.416 e. The van der Waals surface area contributed by atoms with Crippen molar-refractivity contribution in [3.63, 3.8) is 0 Å². The van der Waals surface area contributed by atoms with Crippen LogP contribution in [0.1, 0.15) is 59.8 Å². The van der Waals surface area contributed by atoms with E-state index in [0.29, 0.717) is 33.2 Å². The second-order valence-electron chi connectivity index (χ2n) is 10.2. The average molecular weight is 572 g/mol. The monoisotopic (exact) mass is 571 g/mol. The molecule has 0 spiro atoms. The highest BCUT2D eigenvalue weighted by atomic mass is 35.5. The van der Waals surface area contributed by atoms with Crippen molar-refractivity contribution in [3.05, 3.63) is 88.1 Å². The van der Waals surface area contributed by atoms with Crippen LogP contribution in [-0.2, 0) is 11.0 Å². The van der Waals surface area contributed by atoms with Gasteiger partial charge in [0.25, 0.3) is 5.91 Å². The minimum atomic E-state index is -4.42. The number of fused-ring (bicyclic) bond motifs is 1. The van der Waals surface area contributed by atoms with E-state index in [-0.39, 0.29) is 24.9 Å². The van der Waals surface area contributed by atoms with Gasteiger partial charge in [-0.15, -0.1) is 0 Å². The minimum absolute atomic E-state index is 0.0416. The Kier molecular flexibility index (Phi) is 8.54. The zero-order chi connectivity index (χ0) is 29.2. The van der Waals surface area contributed by atoms with E-state index in [1.807, 2.05) is 22.9 Å². The van der Waals surface area contributed by atoms with Gasteiger partial charge in [0, 0.05) is 23.1 Å². The Hall–Kier alpha value is -3.85. The molecule has 0 fully saturated rings. The summed E-state index contributed by atoms with van der Waals surface area (Å²) in [6, 6.07) is 14.2. The largest absolute Gasteiger partial charge is 0.481 e. The third kappa shape index (κ3) is 6.47. The third-order valence-corrected chi connectivity index (χ3v) is 7.01. The molecule has 0 saturated carbocycles. The molecule has 0 saturated heterocycles. The van der Waals surface area contributed by atoms with E-state index in [1.54, 1.807) is 31.3 Å². The van der Waals surface area contributed by atoms with E-state index in [2.05, 4.69) is 24.3 Å². The number of hydrogen-bond donors (Lipinski definition) is 2. The van der Waals surface area contributed by atoms with E-state index >= 15 is 0 Å². The molecule has 0 bridgehead atoms. The van der Waals surface area contributed by atoms with E-state index in [4.69, 9.17) is 16.7 Å². The molecule has 1 heterocycles. The zero-order valence-corrected chi connectivity index (χ0v) is 23.0. The van der Waals surface area contributed by atoms with Gasteiger partial charge in [0.05, 0.1) is 34.8 Å². The van der Waals surface area contributed by atoms with Crippen LogP contribution in [0, 0.1) is 12.8 Å². The number of alkyl halides is 3. The van der Waals surface area contributed by atoms with Crippen LogP contribution in [-0.4, -0.2) is 33.3 Å². The smallest absolute Gasteiger partial charge is 0.416 e. The Balaban J connectivity index is 1.67. The van der Waals surface area contributed by atoms with Crippen LogP contribution in [0.5, 0.6) is 0 Å². The van der Waals surface area contributed by atoms with Crippen molar-refractivity contribution in [2.24, 2.45) is 5.92 Å². The Bertz CT molecular complexity index is 1550. The van der Waals surface area contributed by atoms with Gasteiger partial charge in [-0.1, -0.05) is 43.6 Å². The molecular weight excluding hydrogens is 543 g/mol. The molecule has 0 aliphatic carbocycles. The van der Waals surface area contributed by atoms with Crippen LogP contribution in [0.25, 0.3) is 22.0 Å². The quantitative estimate of drug-likeness (QED) is 0.217. The van der Waals surface area contributed by atoms with Crippen molar-refractivity contribution < 1.29 is 27.9 Å². The van der Waals surface area contributed by atoms with Crippen LogP contribution in [0.4, 0.5) is 13.2 Å². The summed E-state index contributed by atoms with van der Waals surface area (Å²) in [6.45, 7) is 5.87. The van der Waals surface area contributed by atoms with Crippen molar-refractivity contribution in [1.82, 2.24) is 15.1 Å². The van der Waals surface area contributed by atoms with E-state index in [1.165, 1.54) is 6.07 Å². The second kappa shape index (κ2) is 11.7. The van der Waals surface area contributed by atoms with Gasteiger partial charge in [0.2, 0.25) is 0 Å². The molecule has 210 valence electrons. The second-order valence-corrected chi connectivity index (χ2v) is 10.6. The Morgan fingerprint density at radius 3 is 2.35 bits per heavy atom. The maximum atomic E-state index is 13.2. The van der Waals surface area contributed by atoms with E-state index < -0.39 is 17.7 Å². The number of aromatic nitrogens is 2. The fourth-order valence-corrected chi connectivity index (χ4v) is 4.99. The summed E-state index contributed by atoms with van der Waals surface area (Å²) in [4.78, 5) is 23.1. The Morgan fingerprint density at radius 1 is 1.05 bits per heavy atom. The third-order valence-electron chi connectivity index (χ3n) is 6.70. The number of halogens is 4. The Morgan fingerprint density at radius 2 is 1.75 bits per heavy atom. The summed E-state index contributed by atoms with van der Waals surface area (Å²) >= 11 is 6.70. The van der Waals surface area contributed by atoms with Gasteiger partial charge in [-0.05, 0) is 72.4 Å². The molecule has 4 aromatic rings. The number of nitrogens with zero attached hydrogens (tertiary/aromatic N) is 2. The number of carbonyl (C=O) groups is 2. The summed E-state index contributed by atoms with van der Waals surface area (Å²) in [6.07, 6.45) is -2.12. The van der Waals surface area contributed by atoms with Gasteiger partial charge < -0.3 is 10.4 Å². The SMILES string of the molecule is Cc1cc(C(F)(F)F)ccc1-c1cc2cnn(C(CC(C)C)c3ccc(C(=O)NCCC(=O)O)cc3)c2cc1Cl. The average Bonchev–Trinajstić information content (AvgIpc) is 3.28. The first-order valence-corrected chi connectivity index (χ1v) is 13.2. The molecule has 40 heavy (non-hydrogen) atoms. The van der Waals surface area contributed by atoms with E-state index in [0.717, 1.165) is 35.0 Å². The number of nitrogens with one attached hydrogen (secondary N) is 1. The van der Waals surface area contributed by atoms with Gasteiger partial charge in [-0.3, -0.25) is 14.3 Å². The highest BCUT2D eigenvalue weighted by Gasteiger charge is 2.31. The lowest BCUT2D eigenvalue weighted by atomic mass is 9.95. The highest BCUT2D eigenvalue weighted by Crippen LogP contribution is 2.38. The molecule has 1 atom stereocenters. The standard InChI is InChI=1S/C30H29ClF3N3O3/c1-17(2)12-26(19-4-6-20(7-5-19)29(40)35-11-10-28(38)39)37-27-15-25(31)24(14-21(27)16-36-37)23-9-8-22(13-18(23)3)30(32,33)34/h4-9,13-17,26H,10-12H2,1-3H3,(H,35,40)(H,38,39). The zero-order valence-electron chi connectivity index (χ0n) is 22.2. The number of aliphatic carboxylic acids is 1. The summed E-state index contributed by atoms with van der Waals surface area (Å²) in [7, 11) is 0.